The zero-order valence-electron chi connectivity index (χ0n) is 16.3. The molecule has 1 fully saturated rings. The summed E-state index contributed by atoms with van der Waals surface area (Å²) in [5, 5.41) is 13.9. The summed E-state index contributed by atoms with van der Waals surface area (Å²) < 4.78 is 2.18. The van der Waals surface area contributed by atoms with E-state index in [-0.39, 0.29) is 11.2 Å². The molecule has 4 aromatic rings. The smallest absolute Gasteiger partial charge is 0.237 e. The van der Waals surface area contributed by atoms with E-state index in [9.17, 15) is 4.79 Å². The van der Waals surface area contributed by atoms with Crippen LogP contribution in [0, 0.1) is 0 Å². The topological polar surface area (TPSA) is 75.6 Å². The quantitative estimate of drug-likeness (QED) is 0.388. The summed E-state index contributed by atoms with van der Waals surface area (Å²) in [6.07, 6.45) is 4.18. The van der Waals surface area contributed by atoms with Gasteiger partial charge in [-0.1, -0.05) is 53.7 Å². The predicted octanol–water partition coefficient (Wildman–Crippen LogP) is 5.53. The molecule has 152 valence electrons. The van der Waals surface area contributed by atoms with Crippen molar-refractivity contribution in [1.29, 1.82) is 0 Å². The molecule has 0 spiro atoms. The Labute approximate surface area is 183 Å². The van der Waals surface area contributed by atoms with Gasteiger partial charge in [-0.3, -0.25) is 9.36 Å². The van der Waals surface area contributed by atoms with Crippen LogP contribution in [0.15, 0.2) is 59.9 Å². The number of thioether (sulfide) groups is 1. The molecule has 0 bridgehead atoms. The van der Waals surface area contributed by atoms with Crippen LogP contribution in [-0.2, 0) is 4.79 Å². The second kappa shape index (κ2) is 7.81. The fourth-order valence-corrected chi connectivity index (χ4v) is 4.57. The van der Waals surface area contributed by atoms with Crippen LogP contribution in [0.5, 0.6) is 0 Å². The van der Waals surface area contributed by atoms with Gasteiger partial charge in [0.1, 0.15) is 0 Å². The third-order valence-electron chi connectivity index (χ3n) is 5.19. The maximum Gasteiger partial charge on any atom is 0.237 e. The van der Waals surface area contributed by atoms with Crippen LogP contribution in [0.3, 0.4) is 0 Å². The van der Waals surface area contributed by atoms with Crippen molar-refractivity contribution in [3.05, 3.63) is 59.8 Å². The van der Waals surface area contributed by atoms with E-state index in [1.54, 1.807) is 12.1 Å². The van der Waals surface area contributed by atoms with Gasteiger partial charge in [0.25, 0.3) is 0 Å². The van der Waals surface area contributed by atoms with Gasteiger partial charge in [0.2, 0.25) is 5.91 Å². The Morgan fingerprint density at radius 2 is 1.97 bits per heavy atom. The molecule has 1 aliphatic carbocycles. The molecule has 0 aliphatic heterocycles. The van der Waals surface area contributed by atoms with E-state index in [1.807, 2.05) is 43.5 Å². The normalized spacial score (nSPS) is 14.7. The lowest BCUT2D eigenvalue weighted by atomic mass is 10.1. The second-order valence-electron chi connectivity index (χ2n) is 7.38. The first-order chi connectivity index (χ1) is 14.6. The maximum absolute atomic E-state index is 12.7. The van der Waals surface area contributed by atoms with Gasteiger partial charge in [-0.25, -0.2) is 0 Å². The molecule has 1 aliphatic rings. The molecule has 5 rings (SSSR count). The number of fused-ring (bicyclic) bond motifs is 1. The molecule has 1 saturated carbocycles. The molecule has 30 heavy (non-hydrogen) atoms. The predicted molar refractivity (Wildman–Crippen MR) is 121 cm³/mol. The molecule has 0 saturated heterocycles. The lowest BCUT2D eigenvalue weighted by Gasteiger charge is -2.14. The summed E-state index contributed by atoms with van der Waals surface area (Å²) >= 11 is 7.58. The molecular weight excluding hydrogens is 418 g/mol. The number of benzene rings is 2. The summed E-state index contributed by atoms with van der Waals surface area (Å²) in [5.41, 5.74) is 2.71. The minimum Gasteiger partial charge on any atom is -0.360 e. The number of rotatable bonds is 6. The molecule has 1 unspecified atom stereocenters. The lowest BCUT2D eigenvalue weighted by molar-refractivity contribution is -0.115. The highest BCUT2D eigenvalue weighted by Crippen LogP contribution is 2.42. The van der Waals surface area contributed by atoms with Gasteiger partial charge >= 0.3 is 0 Å². The summed E-state index contributed by atoms with van der Waals surface area (Å²) in [4.78, 5) is 16.0. The van der Waals surface area contributed by atoms with Crippen molar-refractivity contribution in [2.75, 3.05) is 5.32 Å². The van der Waals surface area contributed by atoms with Gasteiger partial charge in [-0.15, -0.1) is 10.2 Å². The Balaban J connectivity index is 1.41. The van der Waals surface area contributed by atoms with Gasteiger partial charge in [-0.2, -0.15) is 0 Å². The molecule has 1 atom stereocenters. The number of aromatic amines is 1. The maximum atomic E-state index is 12.7. The number of nitrogens with one attached hydrogen (secondary N) is 2. The number of amides is 1. The van der Waals surface area contributed by atoms with Crippen LogP contribution in [0.4, 0.5) is 5.69 Å². The Morgan fingerprint density at radius 1 is 1.20 bits per heavy atom. The Hall–Kier alpha value is -2.77. The number of hydrogen-bond donors (Lipinski definition) is 2. The average molecular weight is 438 g/mol. The fraction of sp³-hybridized carbons (Fsp3) is 0.227. The van der Waals surface area contributed by atoms with Crippen molar-refractivity contribution in [3.8, 4) is 11.4 Å². The summed E-state index contributed by atoms with van der Waals surface area (Å²) in [6.45, 7) is 1.87. The summed E-state index contributed by atoms with van der Waals surface area (Å²) in [6, 6.07) is 15.8. The molecule has 2 aromatic carbocycles. The van der Waals surface area contributed by atoms with Crippen LogP contribution in [0.1, 0.15) is 25.8 Å². The van der Waals surface area contributed by atoms with Crippen molar-refractivity contribution >= 4 is 45.9 Å². The molecule has 2 aromatic heterocycles. The summed E-state index contributed by atoms with van der Waals surface area (Å²) in [5.74, 6) is 0.725. The van der Waals surface area contributed by atoms with E-state index < -0.39 is 0 Å². The number of nitrogens with zero attached hydrogens (tertiary/aromatic N) is 3. The number of halogens is 1. The minimum absolute atomic E-state index is 0.118. The number of carbonyl (C=O) groups is 1. The number of H-pyrrole nitrogens is 1. The van der Waals surface area contributed by atoms with Crippen LogP contribution < -0.4 is 5.32 Å². The lowest BCUT2D eigenvalue weighted by Crippen LogP contribution is -2.23. The third-order valence-corrected chi connectivity index (χ3v) is 6.58. The second-order valence-corrected chi connectivity index (χ2v) is 9.10. The standard InChI is InChI=1S/C22H20ClN5OS/c1-13(21(29)25-19-9-5-3-7-17(19)23)30-22-27-26-20(28(22)14-10-11-14)16-12-24-18-8-4-2-6-15(16)18/h2-9,12-14,24H,10-11H2,1H3,(H,25,29). The number of para-hydroxylation sites is 2. The SMILES string of the molecule is CC(Sc1nnc(-c2c[nH]c3ccccc23)n1C1CC1)C(=O)Nc1ccccc1Cl. The molecule has 2 heterocycles. The molecule has 1 amide bonds. The van der Waals surface area contributed by atoms with Gasteiger partial charge in [0, 0.05) is 28.7 Å². The molecule has 2 N–H and O–H groups in total. The third kappa shape index (κ3) is 3.59. The van der Waals surface area contributed by atoms with Gasteiger partial charge < -0.3 is 10.3 Å². The molecule has 6 nitrogen and oxygen atoms in total. The van der Waals surface area contributed by atoms with E-state index in [2.05, 4.69) is 31.1 Å². The first kappa shape index (κ1) is 19.2. The van der Waals surface area contributed by atoms with E-state index in [4.69, 9.17) is 11.6 Å². The van der Waals surface area contributed by atoms with E-state index in [1.165, 1.54) is 11.8 Å². The zero-order valence-corrected chi connectivity index (χ0v) is 17.9. The van der Waals surface area contributed by atoms with Crippen molar-refractivity contribution in [3.63, 3.8) is 0 Å². The van der Waals surface area contributed by atoms with E-state index in [0.717, 1.165) is 40.3 Å². The largest absolute Gasteiger partial charge is 0.360 e. The van der Waals surface area contributed by atoms with Gasteiger partial charge in [0.05, 0.1) is 16.0 Å². The molecule has 0 radical (unpaired) electrons. The minimum atomic E-state index is -0.348. The highest BCUT2D eigenvalue weighted by atomic mass is 35.5. The van der Waals surface area contributed by atoms with E-state index in [0.29, 0.717) is 16.8 Å². The van der Waals surface area contributed by atoms with E-state index >= 15 is 0 Å². The van der Waals surface area contributed by atoms with Gasteiger partial charge in [0.15, 0.2) is 11.0 Å². The monoisotopic (exact) mass is 437 g/mol. The first-order valence-corrected chi connectivity index (χ1v) is 11.1. The first-order valence-electron chi connectivity index (χ1n) is 9.85. The fourth-order valence-electron chi connectivity index (χ4n) is 3.47. The Bertz CT molecular complexity index is 1230. The van der Waals surface area contributed by atoms with Crippen LogP contribution >= 0.6 is 23.4 Å². The van der Waals surface area contributed by atoms with Crippen molar-refractivity contribution < 1.29 is 4.79 Å². The van der Waals surface area contributed by atoms with Crippen LogP contribution in [0.2, 0.25) is 5.02 Å². The van der Waals surface area contributed by atoms with Crippen LogP contribution in [0.25, 0.3) is 22.3 Å². The highest BCUT2D eigenvalue weighted by Gasteiger charge is 2.32. The molecule has 8 heteroatoms. The Kier molecular flexibility index (Phi) is 5.00. The number of aromatic nitrogens is 4. The number of carbonyl (C=O) groups excluding carboxylic acids is 1. The van der Waals surface area contributed by atoms with Gasteiger partial charge in [-0.05, 0) is 38.0 Å². The Morgan fingerprint density at radius 3 is 2.77 bits per heavy atom. The zero-order chi connectivity index (χ0) is 20.7. The van der Waals surface area contributed by atoms with Crippen molar-refractivity contribution in [1.82, 2.24) is 19.7 Å². The molecular formula is C22H20ClN5OS. The average Bonchev–Trinajstić information content (AvgIpc) is 3.37. The van der Waals surface area contributed by atoms with Crippen molar-refractivity contribution in [2.24, 2.45) is 0 Å². The number of anilines is 1. The summed E-state index contributed by atoms with van der Waals surface area (Å²) in [7, 11) is 0. The van der Waals surface area contributed by atoms with Crippen LogP contribution in [-0.4, -0.2) is 30.9 Å². The number of hydrogen-bond acceptors (Lipinski definition) is 4. The van der Waals surface area contributed by atoms with Crippen molar-refractivity contribution in [2.45, 2.75) is 36.2 Å². The highest BCUT2D eigenvalue weighted by molar-refractivity contribution is 8.00.